The van der Waals surface area contributed by atoms with Crippen molar-refractivity contribution in [2.24, 2.45) is 0 Å². The SMILES string of the molecule is CCCCCCCCCCOc1ccc(-c2ncc(-c3ccc(CCCCCCCCC)s3)cn2)cc1. The Morgan fingerprint density at radius 3 is 1.78 bits per heavy atom. The molecule has 4 heteroatoms. The molecule has 0 saturated carbocycles. The van der Waals surface area contributed by atoms with Gasteiger partial charge in [-0.3, -0.25) is 0 Å². The zero-order valence-corrected chi connectivity index (χ0v) is 24.2. The summed E-state index contributed by atoms with van der Waals surface area (Å²) in [7, 11) is 0. The maximum absolute atomic E-state index is 5.94. The van der Waals surface area contributed by atoms with Crippen LogP contribution in [0.25, 0.3) is 21.8 Å². The molecule has 0 bridgehead atoms. The summed E-state index contributed by atoms with van der Waals surface area (Å²) in [5.41, 5.74) is 2.13. The molecule has 3 rings (SSSR count). The third-order valence-corrected chi connectivity index (χ3v) is 8.20. The van der Waals surface area contributed by atoms with Crippen molar-refractivity contribution in [3.05, 3.63) is 53.7 Å². The van der Waals surface area contributed by atoms with Crippen LogP contribution in [0.5, 0.6) is 5.75 Å². The maximum atomic E-state index is 5.94. The summed E-state index contributed by atoms with van der Waals surface area (Å²) in [6.45, 7) is 5.34. The highest BCUT2D eigenvalue weighted by Gasteiger charge is 2.07. The summed E-state index contributed by atoms with van der Waals surface area (Å²) in [5, 5.41) is 0. The van der Waals surface area contributed by atoms with Gasteiger partial charge in [0.1, 0.15) is 5.75 Å². The Labute approximate surface area is 230 Å². The third-order valence-electron chi connectivity index (χ3n) is 7.00. The van der Waals surface area contributed by atoms with Crippen LogP contribution in [0.2, 0.25) is 0 Å². The summed E-state index contributed by atoms with van der Waals surface area (Å²) < 4.78 is 5.94. The summed E-state index contributed by atoms with van der Waals surface area (Å²) >= 11 is 1.88. The molecule has 0 aliphatic heterocycles. The smallest absolute Gasteiger partial charge is 0.159 e. The standard InChI is InChI=1S/C33H48N2OS/c1-3-5-7-9-11-13-15-17-25-36-30-21-19-28(20-22-30)33-34-26-29(27-35-33)32-24-23-31(37-32)18-16-14-12-10-8-6-4-2/h19-24,26-27H,3-18,25H2,1-2H3. The first-order valence-electron chi connectivity index (χ1n) is 14.9. The van der Waals surface area contributed by atoms with Crippen LogP contribution in [0.4, 0.5) is 0 Å². The monoisotopic (exact) mass is 520 g/mol. The molecule has 0 aliphatic carbocycles. The molecule has 202 valence electrons. The molecule has 0 radical (unpaired) electrons. The van der Waals surface area contributed by atoms with E-state index in [1.54, 1.807) is 0 Å². The molecule has 0 amide bonds. The van der Waals surface area contributed by atoms with Crippen LogP contribution in [-0.4, -0.2) is 16.6 Å². The normalized spacial score (nSPS) is 11.2. The van der Waals surface area contributed by atoms with Crippen LogP contribution >= 0.6 is 11.3 Å². The van der Waals surface area contributed by atoms with Crippen molar-refractivity contribution in [3.8, 4) is 27.6 Å². The number of ether oxygens (including phenoxy) is 1. The lowest BCUT2D eigenvalue weighted by molar-refractivity contribution is 0.304. The Morgan fingerprint density at radius 2 is 1.16 bits per heavy atom. The fourth-order valence-electron chi connectivity index (χ4n) is 4.65. The van der Waals surface area contributed by atoms with Crippen molar-refractivity contribution < 1.29 is 4.74 Å². The highest BCUT2D eigenvalue weighted by Crippen LogP contribution is 2.29. The van der Waals surface area contributed by atoms with Crippen molar-refractivity contribution in [1.82, 2.24) is 9.97 Å². The van der Waals surface area contributed by atoms with E-state index in [4.69, 9.17) is 4.74 Å². The first kappa shape index (κ1) is 29.4. The van der Waals surface area contributed by atoms with Gasteiger partial charge in [0.15, 0.2) is 5.82 Å². The number of aryl methyl sites for hydroxylation is 1. The van der Waals surface area contributed by atoms with Crippen molar-refractivity contribution >= 4 is 11.3 Å². The number of nitrogens with zero attached hydrogens (tertiary/aromatic N) is 2. The summed E-state index contributed by atoms with van der Waals surface area (Å²) in [6.07, 6.45) is 25.1. The molecule has 37 heavy (non-hydrogen) atoms. The number of thiophene rings is 1. The molecule has 0 atom stereocenters. The van der Waals surface area contributed by atoms with Gasteiger partial charge >= 0.3 is 0 Å². The summed E-state index contributed by atoms with van der Waals surface area (Å²) in [4.78, 5) is 12.0. The van der Waals surface area contributed by atoms with Crippen molar-refractivity contribution in [3.63, 3.8) is 0 Å². The number of aromatic nitrogens is 2. The first-order valence-corrected chi connectivity index (χ1v) is 15.8. The Bertz CT molecular complexity index is 965. The highest BCUT2D eigenvalue weighted by atomic mass is 32.1. The average Bonchev–Trinajstić information content (AvgIpc) is 3.41. The number of rotatable bonds is 20. The number of hydrogen-bond donors (Lipinski definition) is 0. The van der Waals surface area contributed by atoms with Crippen LogP contribution in [0.15, 0.2) is 48.8 Å². The van der Waals surface area contributed by atoms with E-state index in [9.17, 15) is 0 Å². The number of hydrogen-bond acceptors (Lipinski definition) is 4. The molecule has 0 fully saturated rings. The van der Waals surface area contributed by atoms with Gasteiger partial charge in [-0.05, 0) is 55.7 Å². The quantitative estimate of drug-likeness (QED) is 0.139. The minimum atomic E-state index is 0.762. The van der Waals surface area contributed by atoms with Gasteiger partial charge in [-0.15, -0.1) is 11.3 Å². The molecule has 0 spiro atoms. The lowest BCUT2D eigenvalue weighted by Gasteiger charge is -2.07. The van der Waals surface area contributed by atoms with E-state index in [2.05, 4.69) is 48.1 Å². The molecular formula is C33H48N2OS. The van der Waals surface area contributed by atoms with E-state index in [0.717, 1.165) is 35.7 Å². The molecule has 0 saturated heterocycles. The fraction of sp³-hybridized carbons (Fsp3) is 0.576. The first-order chi connectivity index (χ1) is 18.3. The summed E-state index contributed by atoms with van der Waals surface area (Å²) in [6, 6.07) is 12.7. The van der Waals surface area contributed by atoms with Crippen molar-refractivity contribution in [2.75, 3.05) is 6.61 Å². The van der Waals surface area contributed by atoms with Gasteiger partial charge in [0.2, 0.25) is 0 Å². The maximum Gasteiger partial charge on any atom is 0.159 e. The molecule has 0 unspecified atom stereocenters. The van der Waals surface area contributed by atoms with Gasteiger partial charge in [-0.2, -0.15) is 0 Å². The molecule has 2 aromatic heterocycles. The Balaban J connectivity index is 1.36. The van der Waals surface area contributed by atoms with E-state index in [1.807, 2.05) is 35.9 Å². The lowest BCUT2D eigenvalue weighted by atomic mass is 10.1. The van der Waals surface area contributed by atoms with Gasteiger partial charge in [0.25, 0.3) is 0 Å². The Morgan fingerprint density at radius 1 is 0.595 bits per heavy atom. The predicted molar refractivity (Wildman–Crippen MR) is 161 cm³/mol. The zero-order valence-electron chi connectivity index (χ0n) is 23.4. The van der Waals surface area contributed by atoms with E-state index in [1.165, 1.54) is 106 Å². The van der Waals surface area contributed by atoms with E-state index >= 15 is 0 Å². The lowest BCUT2D eigenvalue weighted by Crippen LogP contribution is -1.97. The molecule has 0 aliphatic rings. The highest BCUT2D eigenvalue weighted by molar-refractivity contribution is 7.15. The second-order valence-electron chi connectivity index (χ2n) is 10.3. The van der Waals surface area contributed by atoms with Crippen LogP contribution in [-0.2, 0) is 6.42 Å². The molecule has 2 heterocycles. The Kier molecular flexibility index (Phi) is 14.4. The Hall–Kier alpha value is -2.20. The minimum absolute atomic E-state index is 0.762. The van der Waals surface area contributed by atoms with Crippen molar-refractivity contribution in [1.29, 1.82) is 0 Å². The van der Waals surface area contributed by atoms with Gasteiger partial charge in [0.05, 0.1) is 6.61 Å². The average molecular weight is 521 g/mol. The topological polar surface area (TPSA) is 35.0 Å². The van der Waals surface area contributed by atoms with E-state index < -0.39 is 0 Å². The van der Waals surface area contributed by atoms with Crippen molar-refractivity contribution in [2.45, 2.75) is 117 Å². The molecule has 3 nitrogen and oxygen atoms in total. The largest absolute Gasteiger partial charge is 0.494 e. The van der Waals surface area contributed by atoms with Gasteiger partial charge in [0, 0.05) is 33.3 Å². The second kappa shape index (κ2) is 18.1. The molecule has 3 aromatic rings. The summed E-state index contributed by atoms with van der Waals surface area (Å²) in [5.74, 6) is 1.69. The zero-order chi connectivity index (χ0) is 26.0. The van der Waals surface area contributed by atoms with Gasteiger partial charge in [-0.25, -0.2) is 9.97 Å². The van der Waals surface area contributed by atoms with Gasteiger partial charge < -0.3 is 4.74 Å². The number of benzene rings is 1. The molecule has 0 N–H and O–H groups in total. The molecule has 1 aromatic carbocycles. The minimum Gasteiger partial charge on any atom is -0.494 e. The van der Waals surface area contributed by atoms with Crippen LogP contribution in [0, 0.1) is 0 Å². The molecular weight excluding hydrogens is 472 g/mol. The van der Waals surface area contributed by atoms with Crippen LogP contribution in [0.1, 0.15) is 115 Å². The predicted octanol–water partition coefficient (Wildman–Crippen LogP) is 10.7. The van der Waals surface area contributed by atoms with Gasteiger partial charge in [-0.1, -0.05) is 97.3 Å². The van der Waals surface area contributed by atoms with E-state index in [-0.39, 0.29) is 0 Å². The van der Waals surface area contributed by atoms with Crippen LogP contribution in [0.3, 0.4) is 0 Å². The van der Waals surface area contributed by atoms with E-state index in [0.29, 0.717) is 0 Å². The fourth-order valence-corrected chi connectivity index (χ4v) is 5.68. The number of unbranched alkanes of at least 4 members (excludes halogenated alkanes) is 13. The van der Waals surface area contributed by atoms with Crippen LogP contribution < -0.4 is 4.74 Å². The second-order valence-corrected chi connectivity index (χ2v) is 11.4. The third kappa shape index (κ3) is 11.4.